The number of hydrogen-bond donors (Lipinski definition) is 1. The van der Waals surface area contributed by atoms with E-state index in [0.717, 1.165) is 12.1 Å². The van der Waals surface area contributed by atoms with Crippen LogP contribution in [0.15, 0.2) is 0 Å². The van der Waals surface area contributed by atoms with E-state index >= 15 is 0 Å². The smallest absolute Gasteiger partial charge is 0.0696 e. The molecule has 1 aromatic rings. The van der Waals surface area contributed by atoms with E-state index in [1.54, 1.807) is 0 Å². The summed E-state index contributed by atoms with van der Waals surface area (Å²) in [6.07, 6.45) is 1.04. The highest BCUT2D eigenvalue weighted by atomic mass is 15.3. The summed E-state index contributed by atoms with van der Waals surface area (Å²) in [4.78, 5) is 0. The predicted octanol–water partition coefficient (Wildman–Crippen LogP) is 1.76. The van der Waals surface area contributed by atoms with Crippen LogP contribution in [0.1, 0.15) is 37.7 Å². The van der Waals surface area contributed by atoms with Gasteiger partial charge in [0.1, 0.15) is 0 Å². The zero-order chi connectivity index (χ0) is 10.9. The van der Waals surface area contributed by atoms with E-state index in [1.807, 2.05) is 0 Å². The zero-order valence-electron chi connectivity index (χ0n) is 9.89. The molecule has 0 fully saturated rings. The highest BCUT2D eigenvalue weighted by molar-refractivity contribution is 5.25. The van der Waals surface area contributed by atoms with Gasteiger partial charge in [0, 0.05) is 12.2 Å². The third-order valence-corrected chi connectivity index (χ3v) is 2.87. The van der Waals surface area contributed by atoms with Gasteiger partial charge in [0.15, 0.2) is 0 Å². The molecule has 3 heteroatoms. The standard InChI is InChI=1S/C11H21N3/c1-6-10-8(2)13-14(9(10)3)11(4,5)7-12/h6-7,12H2,1-5H3. The van der Waals surface area contributed by atoms with Gasteiger partial charge < -0.3 is 5.73 Å². The molecule has 1 rings (SSSR count). The lowest BCUT2D eigenvalue weighted by Crippen LogP contribution is -2.36. The molecule has 14 heavy (non-hydrogen) atoms. The molecule has 0 radical (unpaired) electrons. The first kappa shape index (κ1) is 11.2. The van der Waals surface area contributed by atoms with Crippen molar-refractivity contribution in [2.75, 3.05) is 6.54 Å². The molecule has 0 saturated carbocycles. The van der Waals surface area contributed by atoms with Gasteiger partial charge in [-0.1, -0.05) is 6.92 Å². The van der Waals surface area contributed by atoms with Crippen LogP contribution in [0.5, 0.6) is 0 Å². The number of hydrogen-bond acceptors (Lipinski definition) is 2. The van der Waals surface area contributed by atoms with Gasteiger partial charge in [0.05, 0.1) is 11.2 Å². The van der Waals surface area contributed by atoms with Crippen molar-refractivity contribution in [2.45, 2.75) is 46.6 Å². The van der Waals surface area contributed by atoms with E-state index in [4.69, 9.17) is 5.73 Å². The minimum Gasteiger partial charge on any atom is -0.328 e. The van der Waals surface area contributed by atoms with Gasteiger partial charge in [-0.25, -0.2) is 0 Å². The first-order valence-electron chi connectivity index (χ1n) is 5.19. The minimum absolute atomic E-state index is 0.0811. The Bertz CT molecular complexity index is 324. The Morgan fingerprint density at radius 3 is 2.29 bits per heavy atom. The van der Waals surface area contributed by atoms with Crippen LogP contribution < -0.4 is 5.73 Å². The number of nitrogens with two attached hydrogens (primary N) is 1. The van der Waals surface area contributed by atoms with Gasteiger partial charge >= 0.3 is 0 Å². The number of aryl methyl sites for hydroxylation is 1. The molecule has 1 heterocycles. The van der Waals surface area contributed by atoms with E-state index < -0.39 is 0 Å². The highest BCUT2D eigenvalue weighted by Crippen LogP contribution is 2.21. The van der Waals surface area contributed by atoms with Crippen LogP contribution in [0, 0.1) is 13.8 Å². The summed E-state index contributed by atoms with van der Waals surface area (Å²) in [6.45, 7) is 11.2. The maximum absolute atomic E-state index is 5.75. The van der Waals surface area contributed by atoms with Crippen LogP contribution in [0.25, 0.3) is 0 Å². The van der Waals surface area contributed by atoms with Crippen molar-refractivity contribution >= 4 is 0 Å². The lowest BCUT2D eigenvalue weighted by molar-refractivity contribution is 0.322. The summed E-state index contributed by atoms with van der Waals surface area (Å²) in [5.41, 5.74) is 9.40. The summed E-state index contributed by atoms with van der Waals surface area (Å²) in [5, 5.41) is 4.56. The average Bonchev–Trinajstić information content (AvgIpc) is 2.42. The monoisotopic (exact) mass is 195 g/mol. The number of aromatic nitrogens is 2. The molecule has 0 aliphatic carbocycles. The Balaban J connectivity index is 3.24. The molecule has 0 saturated heterocycles. The number of nitrogens with zero attached hydrogens (tertiary/aromatic N) is 2. The summed E-state index contributed by atoms with van der Waals surface area (Å²) in [5.74, 6) is 0. The summed E-state index contributed by atoms with van der Waals surface area (Å²) < 4.78 is 2.06. The Hall–Kier alpha value is -0.830. The van der Waals surface area contributed by atoms with E-state index in [2.05, 4.69) is 44.4 Å². The second kappa shape index (κ2) is 3.73. The van der Waals surface area contributed by atoms with Crippen molar-refractivity contribution < 1.29 is 0 Å². The fraction of sp³-hybridized carbons (Fsp3) is 0.727. The lowest BCUT2D eigenvalue weighted by Gasteiger charge is -2.25. The fourth-order valence-electron chi connectivity index (χ4n) is 1.86. The van der Waals surface area contributed by atoms with Gasteiger partial charge in [-0.05, 0) is 39.7 Å². The maximum atomic E-state index is 5.75. The molecule has 80 valence electrons. The SMILES string of the molecule is CCc1c(C)nn(C(C)(C)CN)c1C. The molecular formula is C11H21N3. The Labute approximate surface area is 86.3 Å². The van der Waals surface area contributed by atoms with Crippen molar-refractivity contribution in [2.24, 2.45) is 5.73 Å². The first-order chi connectivity index (χ1) is 6.44. The quantitative estimate of drug-likeness (QED) is 0.798. The van der Waals surface area contributed by atoms with Gasteiger partial charge in [0.2, 0.25) is 0 Å². The van der Waals surface area contributed by atoms with Crippen LogP contribution in [0.4, 0.5) is 0 Å². The summed E-state index contributed by atoms with van der Waals surface area (Å²) in [6, 6.07) is 0. The lowest BCUT2D eigenvalue weighted by atomic mass is 10.1. The van der Waals surface area contributed by atoms with Crippen molar-refractivity contribution in [3.63, 3.8) is 0 Å². The maximum Gasteiger partial charge on any atom is 0.0696 e. The van der Waals surface area contributed by atoms with Crippen molar-refractivity contribution in [3.05, 3.63) is 17.0 Å². The van der Waals surface area contributed by atoms with E-state index in [9.17, 15) is 0 Å². The molecule has 0 amide bonds. The summed E-state index contributed by atoms with van der Waals surface area (Å²) >= 11 is 0. The molecule has 0 spiro atoms. The molecule has 0 aliphatic heterocycles. The first-order valence-corrected chi connectivity index (χ1v) is 5.19. The highest BCUT2D eigenvalue weighted by Gasteiger charge is 2.23. The molecule has 0 atom stereocenters. The van der Waals surface area contributed by atoms with E-state index in [0.29, 0.717) is 6.54 Å². The summed E-state index contributed by atoms with van der Waals surface area (Å²) in [7, 11) is 0. The van der Waals surface area contributed by atoms with Crippen LogP contribution in [0.3, 0.4) is 0 Å². The Kier molecular flexibility index (Phi) is 3.00. The number of rotatable bonds is 3. The van der Waals surface area contributed by atoms with E-state index in [1.165, 1.54) is 11.3 Å². The topological polar surface area (TPSA) is 43.8 Å². The minimum atomic E-state index is -0.0811. The molecule has 2 N–H and O–H groups in total. The van der Waals surface area contributed by atoms with Gasteiger partial charge in [0.25, 0.3) is 0 Å². The van der Waals surface area contributed by atoms with Crippen LogP contribution in [-0.2, 0) is 12.0 Å². The molecule has 0 aliphatic rings. The molecule has 0 unspecified atom stereocenters. The van der Waals surface area contributed by atoms with Crippen molar-refractivity contribution in [3.8, 4) is 0 Å². The second-order valence-corrected chi connectivity index (χ2v) is 4.43. The predicted molar refractivity (Wildman–Crippen MR) is 59.5 cm³/mol. The molecule has 1 aromatic heterocycles. The molecule has 0 aromatic carbocycles. The van der Waals surface area contributed by atoms with Crippen molar-refractivity contribution in [1.29, 1.82) is 0 Å². The molecule has 0 bridgehead atoms. The van der Waals surface area contributed by atoms with Crippen LogP contribution in [-0.4, -0.2) is 16.3 Å². The molecular weight excluding hydrogens is 174 g/mol. The zero-order valence-corrected chi connectivity index (χ0v) is 9.89. The van der Waals surface area contributed by atoms with Crippen LogP contribution in [0.2, 0.25) is 0 Å². The van der Waals surface area contributed by atoms with E-state index in [-0.39, 0.29) is 5.54 Å². The fourth-order valence-corrected chi connectivity index (χ4v) is 1.86. The third kappa shape index (κ3) is 1.69. The normalized spacial score (nSPS) is 12.1. The second-order valence-electron chi connectivity index (χ2n) is 4.43. The largest absolute Gasteiger partial charge is 0.328 e. The Morgan fingerprint density at radius 2 is 1.93 bits per heavy atom. The third-order valence-electron chi connectivity index (χ3n) is 2.87. The van der Waals surface area contributed by atoms with Gasteiger partial charge in [-0.15, -0.1) is 0 Å². The van der Waals surface area contributed by atoms with Crippen molar-refractivity contribution in [1.82, 2.24) is 9.78 Å². The molecule has 3 nitrogen and oxygen atoms in total. The average molecular weight is 195 g/mol. The Morgan fingerprint density at radius 1 is 1.36 bits per heavy atom. The van der Waals surface area contributed by atoms with Crippen LogP contribution >= 0.6 is 0 Å². The van der Waals surface area contributed by atoms with Gasteiger partial charge in [-0.2, -0.15) is 5.10 Å². The van der Waals surface area contributed by atoms with Gasteiger partial charge in [-0.3, -0.25) is 4.68 Å².